The fourth-order valence-corrected chi connectivity index (χ4v) is 0.398. The minimum atomic E-state index is -3.80. The summed E-state index contributed by atoms with van der Waals surface area (Å²) in [7, 11) is 0. The molecule has 0 bridgehead atoms. The zero-order valence-electron chi connectivity index (χ0n) is 6.30. The van der Waals surface area contributed by atoms with Crippen molar-refractivity contribution in [2.45, 2.75) is 25.9 Å². The van der Waals surface area contributed by atoms with Crippen LogP contribution in [0.15, 0.2) is 0 Å². The van der Waals surface area contributed by atoms with Gasteiger partial charge in [-0.05, 0) is 13.8 Å². The van der Waals surface area contributed by atoms with Crippen molar-refractivity contribution in [3.05, 3.63) is 0 Å². The molecule has 0 aliphatic carbocycles. The molecule has 66 valence electrons. The molecule has 11 heavy (non-hydrogen) atoms. The summed E-state index contributed by atoms with van der Waals surface area (Å²) in [6.07, 6.45) is -2.01. The Morgan fingerprint density at radius 1 is 1.73 bits per heavy atom. The average molecular weight is 168 g/mol. The molecule has 1 N–H and O–H groups in total. The minimum absolute atomic E-state index is 0.124. The summed E-state index contributed by atoms with van der Waals surface area (Å²) in [4.78, 5) is 10.4. The third-order valence-corrected chi connectivity index (χ3v) is 1.07. The summed E-state index contributed by atoms with van der Waals surface area (Å²) in [6.45, 7) is 2.12. The number of aliphatic hydroxyl groups is 1. The maximum absolute atomic E-state index is 12.4. The maximum atomic E-state index is 12.4. The van der Waals surface area contributed by atoms with Gasteiger partial charge >= 0.3 is 11.9 Å². The molecule has 5 heteroatoms. The molecule has 0 aliphatic rings. The molecule has 0 amide bonds. The molecule has 0 fully saturated rings. The Morgan fingerprint density at radius 2 is 2.18 bits per heavy atom. The quantitative estimate of drug-likeness (QED) is 0.626. The third kappa shape index (κ3) is 2.42. The lowest BCUT2D eigenvalue weighted by Gasteiger charge is -2.16. The van der Waals surface area contributed by atoms with E-state index in [0.29, 0.717) is 0 Å². The van der Waals surface area contributed by atoms with Crippen LogP contribution >= 0.6 is 0 Å². The second kappa shape index (κ2) is 3.61. The second-order valence-electron chi connectivity index (χ2n) is 2.02. The summed E-state index contributed by atoms with van der Waals surface area (Å²) in [5.41, 5.74) is 0. The second-order valence-corrected chi connectivity index (χ2v) is 2.02. The summed E-state index contributed by atoms with van der Waals surface area (Å²) in [6, 6.07) is 0. The van der Waals surface area contributed by atoms with Crippen LogP contribution in [0.5, 0.6) is 0 Å². The van der Waals surface area contributed by atoms with Crippen molar-refractivity contribution in [3.63, 3.8) is 0 Å². The molecule has 0 aromatic carbocycles. The lowest BCUT2D eigenvalue weighted by atomic mass is 10.2. The number of aliphatic hydroxyl groups excluding tert-OH is 1. The van der Waals surface area contributed by atoms with E-state index in [4.69, 9.17) is 5.11 Å². The highest BCUT2D eigenvalue weighted by Crippen LogP contribution is 2.19. The van der Waals surface area contributed by atoms with Crippen LogP contribution in [0.4, 0.5) is 8.78 Å². The van der Waals surface area contributed by atoms with Crippen molar-refractivity contribution >= 4 is 5.97 Å². The van der Waals surface area contributed by atoms with Crippen LogP contribution in [-0.2, 0) is 9.53 Å². The molecule has 0 heterocycles. The minimum Gasteiger partial charge on any atom is -0.461 e. The third-order valence-electron chi connectivity index (χ3n) is 1.07. The zero-order valence-corrected chi connectivity index (χ0v) is 6.30. The number of hydrogen-bond acceptors (Lipinski definition) is 3. The van der Waals surface area contributed by atoms with Crippen molar-refractivity contribution in [2.75, 3.05) is 6.61 Å². The van der Waals surface area contributed by atoms with Gasteiger partial charge in [0, 0.05) is 0 Å². The molecule has 0 rings (SSSR count). The molecule has 0 aromatic heterocycles. The number of esters is 1. The van der Waals surface area contributed by atoms with Crippen molar-refractivity contribution < 1.29 is 23.4 Å². The Bertz CT molecular complexity index is 145. The van der Waals surface area contributed by atoms with Crippen molar-refractivity contribution in [2.24, 2.45) is 0 Å². The van der Waals surface area contributed by atoms with Crippen LogP contribution in [0, 0.1) is 0 Å². The number of carbonyl (C=O) groups excluding carboxylic acids is 1. The van der Waals surface area contributed by atoms with E-state index in [-0.39, 0.29) is 6.61 Å². The molecular formula is C6H10F2O3. The standard InChI is InChI=1S/C6H10F2O3/c1-3-11-5(10)6(7,8)4(2)9/h4,9H,3H2,1-2H3. The molecule has 0 saturated carbocycles. The zero-order chi connectivity index (χ0) is 9.07. The molecule has 0 saturated heterocycles. The number of halogens is 2. The largest absolute Gasteiger partial charge is 0.461 e. The van der Waals surface area contributed by atoms with Crippen LogP contribution in [0.25, 0.3) is 0 Å². The van der Waals surface area contributed by atoms with Gasteiger partial charge in [-0.3, -0.25) is 0 Å². The van der Waals surface area contributed by atoms with E-state index in [0.717, 1.165) is 6.92 Å². The van der Waals surface area contributed by atoms with Gasteiger partial charge in [-0.15, -0.1) is 0 Å². The lowest BCUT2D eigenvalue weighted by molar-refractivity contribution is -0.186. The van der Waals surface area contributed by atoms with Crippen molar-refractivity contribution in [1.82, 2.24) is 0 Å². The first kappa shape index (κ1) is 10.3. The predicted octanol–water partition coefficient (Wildman–Crippen LogP) is 0.566. The summed E-state index contributed by atoms with van der Waals surface area (Å²) in [5, 5.41) is 8.43. The molecule has 0 aliphatic heterocycles. The molecule has 1 unspecified atom stereocenters. The summed E-state index contributed by atoms with van der Waals surface area (Å²) < 4.78 is 28.8. The first-order chi connectivity index (χ1) is 4.92. The fourth-order valence-electron chi connectivity index (χ4n) is 0.398. The lowest BCUT2D eigenvalue weighted by Crippen LogP contribution is -2.40. The summed E-state index contributed by atoms with van der Waals surface area (Å²) >= 11 is 0. The van der Waals surface area contributed by atoms with E-state index in [1.807, 2.05) is 0 Å². The predicted molar refractivity (Wildman–Crippen MR) is 33.3 cm³/mol. The SMILES string of the molecule is CCOC(=O)C(F)(F)C(C)O. The molecule has 1 atom stereocenters. The average Bonchev–Trinajstić information content (AvgIpc) is 1.88. The summed E-state index contributed by atoms with van der Waals surface area (Å²) in [5.74, 6) is -5.48. The smallest absolute Gasteiger partial charge is 0.379 e. The van der Waals surface area contributed by atoms with Crippen LogP contribution < -0.4 is 0 Å². The van der Waals surface area contributed by atoms with Gasteiger partial charge in [0.25, 0.3) is 0 Å². The van der Waals surface area contributed by atoms with E-state index < -0.39 is 18.0 Å². The molecule has 0 radical (unpaired) electrons. The Kier molecular flexibility index (Phi) is 3.38. The Morgan fingerprint density at radius 3 is 2.45 bits per heavy atom. The molecule has 0 aromatic rings. The van der Waals surface area contributed by atoms with Crippen LogP contribution in [0.1, 0.15) is 13.8 Å². The van der Waals surface area contributed by atoms with Gasteiger partial charge < -0.3 is 9.84 Å². The van der Waals surface area contributed by atoms with Gasteiger partial charge in [0.05, 0.1) is 6.61 Å². The van der Waals surface area contributed by atoms with E-state index in [1.54, 1.807) is 0 Å². The van der Waals surface area contributed by atoms with E-state index >= 15 is 0 Å². The topological polar surface area (TPSA) is 46.5 Å². The van der Waals surface area contributed by atoms with E-state index in [2.05, 4.69) is 4.74 Å². The van der Waals surface area contributed by atoms with Gasteiger partial charge in [-0.1, -0.05) is 0 Å². The van der Waals surface area contributed by atoms with Gasteiger partial charge in [0.1, 0.15) is 6.10 Å². The number of hydrogen-bond donors (Lipinski definition) is 1. The van der Waals surface area contributed by atoms with Crippen molar-refractivity contribution in [1.29, 1.82) is 0 Å². The number of rotatable bonds is 3. The van der Waals surface area contributed by atoms with Gasteiger partial charge in [0.2, 0.25) is 0 Å². The normalized spacial score (nSPS) is 14.3. The van der Waals surface area contributed by atoms with E-state index in [9.17, 15) is 13.6 Å². The number of ether oxygens (including phenoxy) is 1. The maximum Gasteiger partial charge on any atom is 0.379 e. The number of alkyl halides is 2. The van der Waals surface area contributed by atoms with Gasteiger partial charge in [0.15, 0.2) is 0 Å². The number of carbonyl (C=O) groups is 1. The molecule has 0 spiro atoms. The van der Waals surface area contributed by atoms with Crippen LogP contribution in [0.3, 0.4) is 0 Å². The van der Waals surface area contributed by atoms with Crippen LogP contribution in [0.2, 0.25) is 0 Å². The Balaban J connectivity index is 4.18. The van der Waals surface area contributed by atoms with E-state index in [1.165, 1.54) is 6.92 Å². The Labute approximate surface area is 63.0 Å². The highest BCUT2D eigenvalue weighted by Gasteiger charge is 2.45. The monoisotopic (exact) mass is 168 g/mol. The first-order valence-corrected chi connectivity index (χ1v) is 3.16. The fraction of sp³-hybridized carbons (Fsp3) is 0.833. The highest BCUT2D eigenvalue weighted by molar-refractivity contribution is 5.78. The van der Waals surface area contributed by atoms with Gasteiger partial charge in [-0.25, -0.2) is 4.79 Å². The molecular weight excluding hydrogens is 158 g/mol. The highest BCUT2D eigenvalue weighted by atomic mass is 19.3. The van der Waals surface area contributed by atoms with Gasteiger partial charge in [-0.2, -0.15) is 8.78 Å². The van der Waals surface area contributed by atoms with Crippen molar-refractivity contribution in [3.8, 4) is 0 Å². The van der Waals surface area contributed by atoms with Crippen LogP contribution in [-0.4, -0.2) is 29.7 Å². The Hall–Kier alpha value is -0.710. The molecule has 3 nitrogen and oxygen atoms in total. The first-order valence-electron chi connectivity index (χ1n) is 3.16.